The summed E-state index contributed by atoms with van der Waals surface area (Å²) in [6.07, 6.45) is 0.340. The number of esters is 1. The van der Waals surface area contributed by atoms with Crippen LogP contribution < -0.4 is 5.32 Å². The summed E-state index contributed by atoms with van der Waals surface area (Å²) in [5.74, 6) is -0.219. The highest BCUT2D eigenvalue weighted by atomic mass is 16.5. The molecular weight excluding hydrogens is 158 g/mol. The van der Waals surface area contributed by atoms with Gasteiger partial charge in [-0.25, -0.2) is 0 Å². The van der Waals surface area contributed by atoms with Crippen molar-refractivity contribution in [3.63, 3.8) is 0 Å². The normalized spacial score (nSPS) is 11.3. The summed E-state index contributed by atoms with van der Waals surface area (Å²) in [5, 5.41) is 3.05. The van der Waals surface area contributed by atoms with E-state index in [0.717, 1.165) is 0 Å². The Morgan fingerprint density at radius 1 is 1.42 bits per heavy atom. The third kappa shape index (κ3) is 5.09. The summed E-state index contributed by atoms with van der Waals surface area (Å²) in [4.78, 5) is 10.9. The van der Waals surface area contributed by atoms with Crippen molar-refractivity contribution in [2.45, 2.75) is 25.8 Å². The Morgan fingerprint density at radius 2 is 2.00 bits per heavy atom. The molecule has 0 heterocycles. The monoisotopic (exact) mass is 175 g/mol. The summed E-state index contributed by atoms with van der Waals surface area (Å²) in [5.41, 5.74) is -0.275. The lowest BCUT2D eigenvalue weighted by molar-refractivity contribution is -0.142. The van der Waals surface area contributed by atoms with E-state index < -0.39 is 0 Å². The van der Waals surface area contributed by atoms with Gasteiger partial charge < -0.3 is 9.47 Å². The molecule has 72 valence electrons. The molecule has 0 fully saturated rings. The van der Waals surface area contributed by atoms with E-state index >= 15 is 0 Å². The van der Waals surface area contributed by atoms with Gasteiger partial charge in [0.25, 0.3) is 0 Å². The minimum atomic E-state index is -0.275. The minimum absolute atomic E-state index is 0.219. The van der Waals surface area contributed by atoms with E-state index in [1.807, 2.05) is 13.8 Å². The maximum atomic E-state index is 10.9. The number of ether oxygens (including phenoxy) is 2. The van der Waals surface area contributed by atoms with Crippen LogP contribution in [0.5, 0.6) is 0 Å². The van der Waals surface area contributed by atoms with Crippen molar-refractivity contribution in [3.8, 4) is 0 Å². The van der Waals surface area contributed by atoms with Crippen molar-refractivity contribution in [3.05, 3.63) is 0 Å². The van der Waals surface area contributed by atoms with Gasteiger partial charge in [-0.1, -0.05) is 0 Å². The van der Waals surface area contributed by atoms with Crippen LogP contribution in [-0.2, 0) is 14.3 Å². The SMILES string of the molecule is COCNC(C)(C)CC(=O)OC. The fraction of sp³-hybridized carbons (Fsp3) is 0.875. The van der Waals surface area contributed by atoms with E-state index in [-0.39, 0.29) is 11.5 Å². The van der Waals surface area contributed by atoms with Gasteiger partial charge in [0.2, 0.25) is 0 Å². The summed E-state index contributed by atoms with van der Waals surface area (Å²) in [6.45, 7) is 4.27. The van der Waals surface area contributed by atoms with Crippen LogP contribution >= 0.6 is 0 Å². The van der Waals surface area contributed by atoms with Crippen LogP contribution in [-0.4, -0.2) is 32.5 Å². The topological polar surface area (TPSA) is 47.6 Å². The molecule has 0 spiro atoms. The number of nitrogens with one attached hydrogen (secondary N) is 1. The van der Waals surface area contributed by atoms with Crippen molar-refractivity contribution in [2.75, 3.05) is 21.0 Å². The number of carbonyl (C=O) groups excluding carboxylic acids is 1. The zero-order chi connectivity index (χ0) is 9.61. The Bertz CT molecular complexity index is 145. The maximum Gasteiger partial charge on any atom is 0.307 e. The standard InChI is InChI=1S/C8H17NO3/c1-8(2,9-6-11-3)5-7(10)12-4/h9H,5-6H2,1-4H3. The highest BCUT2D eigenvalue weighted by molar-refractivity contribution is 5.70. The first kappa shape index (κ1) is 11.4. The highest BCUT2D eigenvalue weighted by Gasteiger charge is 2.21. The number of methoxy groups -OCH3 is 2. The maximum absolute atomic E-state index is 10.9. The molecule has 0 unspecified atom stereocenters. The van der Waals surface area contributed by atoms with Gasteiger partial charge in [-0.05, 0) is 13.8 Å². The van der Waals surface area contributed by atoms with Crippen molar-refractivity contribution >= 4 is 5.97 Å². The Kier molecular flexibility index (Phi) is 4.85. The second kappa shape index (κ2) is 5.11. The Hall–Kier alpha value is -0.610. The first-order chi connectivity index (χ1) is 5.52. The second-order valence-corrected chi connectivity index (χ2v) is 3.25. The van der Waals surface area contributed by atoms with Crippen molar-refractivity contribution in [1.82, 2.24) is 5.32 Å². The first-order valence-corrected chi connectivity index (χ1v) is 3.82. The summed E-state index contributed by atoms with van der Waals surface area (Å²) in [6, 6.07) is 0. The third-order valence-corrected chi connectivity index (χ3v) is 1.51. The lowest BCUT2D eigenvalue weighted by Gasteiger charge is -2.24. The van der Waals surface area contributed by atoms with Gasteiger partial charge in [0.1, 0.15) is 0 Å². The molecule has 0 aromatic carbocycles. The molecule has 0 aromatic heterocycles. The molecular formula is C8H17NO3. The lowest BCUT2D eigenvalue weighted by Crippen LogP contribution is -2.42. The predicted molar refractivity (Wildman–Crippen MR) is 45.7 cm³/mol. The van der Waals surface area contributed by atoms with Gasteiger partial charge in [-0.15, -0.1) is 0 Å². The molecule has 4 heteroatoms. The highest BCUT2D eigenvalue weighted by Crippen LogP contribution is 2.08. The minimum Gasteiger partial charge on any atom is -0.469 e. The van der Waals surface area contributed by atoms with Gasteiger partial charge in [-0.3, -0.25) is 10.1 Å². The number of carbonyl (C=O) groups is 1. The summed E-state index contributed by atoms with van der Waals surface area (Å²) < 4.78 is 9.38. The first-order valence-electron chi connectivity index (χ1n) is 3.82. The van der Waals surface area contributed by atoms with Crippen molar-refractivity contribution < 1.29 is 14.3 Å². The average molecular weight is 175 g/mol. The van der Waals surface area contributed by atoms with E-state index in [9.17, 15) is 4.79 Å². The zero-order valence-electron chi connectivity index (χ0n) is 8.14. The van der Waals surface area contributed by atoms with Gasteiger partial charge in [-0.2, -0.15) is 0 Å². The largest absolute Gasteiger partial charge is 0.469 e. The van der Waals surface area contributed by atoms with Crippen LogP contribution in [0.25, 0.3) is 0 Å². The zero-order valence-corrected chi connectivity index (χ0v) is 8.14. The number of hydrogen-bond acceptors (Lipinski definition) is 4. The fourth-order valence-electron chi connectivity index (χ4n) is 0.763. The van der Waals surface area contributed by atoms with Gasteiger partial charge >= 0.3 is 5.97 Å². The van der Waals surface area contributed by atoms with E-state index in [2.05, 4.69) is 10.1 Å². The molecule has 0 aliphatic heterocycles. The molecule has 0 bridgehead atoms. The van der Waals surface area contributed by atoms with E-state index in [4.69, 9.17) is 4.74 Å². The molecule has 0 atom stereocenters. The van der Waals surface area contributed by atoms with Gasteiger partial charge in [0.15, 0.2) is 0 Å². The second-order valence-electron chi connectivity index (χ2n) is 3.25. The van der Waals surface area contributed by atoms with Gasteiger partial charge in [0, 0.05) is 12.6 Å². The lowest BCUT2D eigenvalue weighted by atomic mass is 10.0. The van der Waals surface area contributed by atoms with Crippen LogP contribution in [0.1, 0.15) is 20.3 Å². The van der Waals surface area contributed by atoms with Crippen LogP contribution in [0, 0.1) is 0 Å². The van der Waals surface area contributed by atoms with Gasteiger partial charge in [0.05, 0.1) is 20.3 Å². The molecule has 0 radical (unpaired) electrons. The van der Waals surface area contributed by atoms with Crippen LogP contribution in [0.3, 0.4) is 0 Å². The van der Waals surface area contributed by atoms with E-state index in [1.165, 1.54) is 7.11 Å². The Balaban J connectivity index is 3.77. The summed E-state index contributed by atoms with van der Waals surface area (Å²) >= 11 is 0. The van der Waals surface area contributed by atoms with Crippen LogP contribution in [0.4, 0.5) is 0 Å². The molecule has 0 saturated carbocycles. The molecule has 12 heavy (non-hydrogen) atoms. The van der Waals surface area contributed by atoms with E-state index in [1.54, 1.807) is 7.11 Å². The number of rotatable bonds is 5. The molecule has 0 aliphatic rings. The van der Waals surface area contributed by atoms with E-state index in [0.29, 0.717) is 13.2 Å². The Morgan fingerprint density at radius 3 is 2.42 bits per heavy atom. The Labute approximate surface area is 73.2 Å². The quantitative estimate of drug-likeness (QED) is 0.489. The fourth-order valence-corrected chi connectivity index (χ4v) is 0.763. The van der Waals surface area contributed by atoms with Crippen LogP contribution in [0.15, 0.2) is 0 Å². The van der Waals surface area contributed by atoms with Crippen molar-refractivity contribution in [2.24, 2.45) is 0 Å². The average Bonchev–Trinajstić information content (AvgIpc) is 2.00. The smallest absolute Gasteiger partial charge is 0.307 e. The number of hydrogen-bond donors (Lipinski definition) is 1. The van der Waals surface area contributed by atoms with Crippen LogP contribution in [0.2, 0.25) is 0 Å². The molecule has 0 rings (SSSR count). The summed E-state index contributed by atoms with van der Waals surface area (Å²) in [7, 11) is 2.98. The molecule has 0 aromatic rings. The molecule has 0 aliphatic carbocycles. The van der Waals surface area contributed by atoms with Crippen molar-refractivity contribution in [1.29, 1.82) is 0 Å². The third-order valence-electron chi connectivity index (χ3n) is 1.51. The molecule has 0 amide bonds. The molecule has 1 N–H and O–H groups in total. The predicted octanol–water partition coefficient (Wildman–Crippen LogP) is 0.522. The molecule has 0 saturated heterocycles. The molecule has 4 nitrogen and oxygen atoms in total.